The first-order chi connectivity index (χ1) is 9.24. The monoisotopic (exact) mass is 278 g/mol. The fourth-order valence-corrected chi connectivity index (χ4v) is 2.86. The van der Waals surface area contributed by atoms with Gasteiger partial charge in [-0.2, -0.15) is 4.98 Å². The molecule has 1 fully saturated rings. The molecule has 1 atom stereocenters. The average Bonchev–Trinajstić information content (AvgIpc) is 3.09. The number of hydrogen-bond donors (Lipinski definition) is 0. The van der Waals surface area contributed by atoms with Crippen molar-refractivity contribution < 1.29 is 9.32 Å². The van der Waals surface area contributed by atoms with Gasteiger partial charge in [0.05, 0.1) is 5.51 Å². The molecule has 0 bridgehead atoms. The van der Waals surface area contributed by atoms with E-state index >= 15 is 0 Å². The molecule has 100 valence electrons. The molecule has 1 aliphatic heterocycles. The number of carbonyl (C=O) groups excluding carboxylic acids is 1. The molecule has 3 heterocycles. The van der Waals surface area contributed by atoms with E-state index in [0.717, 1.165) is 19.4 Å². The van der Waals surface area contributed by atoms with Gasteiger partial charge in [-0.05, 0) is 12.8 Å². The molecule has 1 saturated heterocycles. The van der Waals surface area contributed by atoms with Crippen LogP contribution in [0.3, 0.4) is 0 Å². The zero-order chi connectivity index (χ0) is 13.2. The van der Waals surface area contributed by atoms with Crippen LogP contribution in [0, 0.1) is 6.92 Å². The quantitative estimate of drug-likeness (QED) is 0.838. The van der Waals surface area contributed by atoms with Crippen molar-refractivity contribution in [2.24, 2.45) is 0 Å². The highest BCUT2D eigenvalue weighted by molar-refractivity contribution is 7.07. The maximum atomic E-state index is 12.2. The molecule has 0 spiro atoms. The summed E-state index contributed by atoms with van der Waals surface area (Å²) in [6, 6.07) is 0. The number of aryl methyl sites for hydroxylation is 1. The van der Waals surface area contributed by atoms with Crippen molar-refractivity contribution in [3.8, 4) is 0 Å². The Hall–Kier alpha value is -1.76. The molecule has 0 N–H and O–H groups in total. The van der Waals surface area contributed by atoms with E-state index in [1.807, 2.05) is 4.90 Å². The molecule has 2 aromatic rings. The lowest BCUT2D eigenvalue weighted by Gasteiger charge is -2.30. The van der Waals surface area contributed by atoms with Crippen molar-refractivity contribution in [2.45, 2.75) is 25.7 Å². The van der Waals surface area contributed by atoms with Gasteiger partial charge in [-0.3, -0.25) is 4.79 Å². The van der Waals surface area contributed by atoms with Crippen LogP contribution in [0.1, 0.15) is 41.0 Å². The van der Waals surface area contributed by atoms with Gasteiger partial charge in [0.2, 0.25) is 5.89 Å². The Bertz CT molecular complexity index is 566. The lowest BCUT2D eigenvalue weighted by molar-refractivity contribution is 0.0698. The van der Waals surface area contributed by atoms with Gasteiger partial charge in [-0.1, -0.05) is 5.16 Å². The van der Waals surface area contributed by atoms with E-state index in [9.17, 15) is 4.79 Å². The molecule has 6 nitrogen and oxygen atoms in total. The number of thiazole rings is 1. The fraction of sp³-hybridized carbons (Fsp3) is 0.500. The second kappa shape index (κ2) is 5.08. The zero-order valence-electron chi connectivity index (χ0n) is 10.6. The third-order valence-corrected chi connectivity index (χ3v) is 3.85. The number of amides is 1. The van der Waals surface area contributed by atoms with Crippen LogP contribution in [0.5, 0.6) is 0 Å². The fourth-order valence-electron chi connectivity index (χ4n) is 2.33. The molecule has 19 heavy (non-hydrogen) atoms. The van der Waals surface area contributed by atoms with E-state index in [0.29, 0.717) is 24.0 Å². The van der Waals surface area contributed by atoms with Gasteiger partial charge in [0.15, 0.2) is 5.82 Å². The first-order valence-electron chi connectivity index (χ1n) is 6.21. The third kappa shape index (κ3) is 2.51. The Morgan fingerprint density at radius 2 is 2.47 bits per heavy atom. The number of nitrogens with zero attached hydrogens (tertiary/aromatic N) is 4. The topological polar surface area (TPSA) is 72.1 Å². The van der Waals surface area contributed by atoms with Crippen molar-refractivity contribution in [1.29, 1.82) is 0 Å². The van der Waals surface area contributed by atoms with Gasteiger partial charge in [-0.25, -0.2) is 4.98 Å². The minimum atomic E-state index is -0.00818. The van der Waals surface area contributed by atoms with E-state index in [1.54, 1.807) is 17.8 Å². The summed E-state index contributed by atoms with van der Waals surface area (Å²) in [5.41, 5.74) is 2.20. The van der Waals surface area contributed by atoms with Gasteiger partial charge in [0.25, 0.3) is 5.91 Å². The Labute approximate surface area is 114 Å². The van der Waals surface area contributed by atoms with Crippen LogP contribution >= 0.6 is 11.3 Å². The molecule has 0 saturated carbocycles. The van der Waals surface area contributed by atoms with E-state index in [4.69, 9.17) is 4.52 Å². The van der Waals surface area contributed by atoms with Crippen molar-refractivity contribution in [3.63, 3.8) is 0 Å². The number of aromatic nitrogens is 3. The molecule has 0 aromatic carbocycles. The molecule has 2 aromatic heterocycles. The summed E-state index contributed by atoms with van der Waals surface area (Å²) in [6.45, 7) is 3.18. The van der Waals surface area contributed by atoms with E-state index in [2.05, 4.69) is 15.1 Å². The number of carbonyl (C=O) groups is 1. The maximum absolute atomic E-state index is 12.2. The first kappa shape index (κ1) is 12.3. The molecule has 0 unspecified atom stereocenters. The highest BCUT2D eigenvalue weighted by Gasteiger charge is 2.28. The third-order valence-electron chi connectivity index (χ3n) is 3.27. The van der Waals surface area contributed by atoms with Crippen LogP contribution in [0.25, 0.3) is 0 Å². The van der Waals surface area contributed by atoms with Crippen LogP contribution < -0.4 is 0 Å². The molecule has 7 heteroatoms. The number of piperidine rings is 1. The SMILES string of the molecule is Cc1nc([C@H]2CCCN(C(=O)c3cscn3)C2)no1. The highest BCUT2D eigenvalue weighted by atomic mass is 32.1. The standard InChI is InChI=1S/C12H14N4O2S/c1-8-14-11(15-18-8)9-3-2-4-16(5-9)12(17)10-6-19-7-13-10/h6-7,9H,2-5H2,1H3/t9-/m0/s1. The van der Waals surface area contributed by atoms with Crippen LogP contribution in [0.4, 0.5) is 0 Å². The van der Waals surface area contributed by atoms with Crippen LogP contribution in [-0.2, 0) is 0 Å². The van der Waals surface area contributed by atoms with Crippen molar-refractivity contribution >= 4 is 17.2 Å². The largest absolute Gasteiger partial charge is 0.340 e. The second-order valence-corrected chi connectivity index (χ2v) is 5.35. The summed E-state index contributed by atoms with van der Waals surface area (Å²) in [5.74, 6) is 1.42. The minimum Gasteiger partial charge on any atom is -0.340 e. The maximum Gasteiger partial charge on any atom is 0.273 e. The zero-order valence-corrected chi connectivity index (χ0v) is 11.4. The van der Waals surface area contributed by atoms with Crippen LogP contribution in [-0.4, -0.2) is 39.0 Å². The molecule has 3 rings (SSSR count). The summed E-state index contributed by atoms with van der Waals surface area (Å²) < 4.78 is 5.01. The van der Waals surface area contributed by atoms with Crippen LogP contribution in [0.2, 0.25) is 0 Å². The normalized spacial score (nSPS) is 19.6. The van der Waals surface area contributed by atoms with E-state index in [-0.39, 0.29) is 11.8 Å². The lowest BCUT2D eigenvalue weighted by Crippen LogP contribution is -2.39. The molecule has 0 radical (unpaired) electrons. The summed E-state index contributed by atoms with van der Waals surface area (Å²) in [6.07, 6.45) is 1.94. The smallest absolute Gasteiger partial charge is 0.273 e. The summed E-state index contributed by atoms with van der Waals surface area (Å²) in [4.78, 5) is 22.4. The number of rotatable bonds is 2. The Kier molecular flexibility index (Phi) is 3.29. The summed E-state index contributed by atoms with van der Waals surface area (Å²) >= 11 is 1.43. The molecule has 0 aliphatic carbocycles. The summed E-state index contributed by atoms with van der Waals surface area (Å²) in [5, 5.41) is 5.74. The van der Waals surface area contributed by atoms with Crippen LogP contribution in [0.15, 0.2) is 15.4 Å². The molecule has 1 amide bonds. The Balaban J connectivity index is 1.73. The van der Waals surface area contributed by atoms with Crippen molar-refractivity contribution in [1.82, 2.24) is 20.0 Å². The van der Waals surface area contributed by atoms with Gasteiger partial charge in [0, 0.05) is 31.3 Å². The minimum absolute atomic E-state index is 0.00818. The van der Waals surface area contributed by atoms with Crippen molar-refractivity contribution in [3.05, 3.63) is 28.3 Å². The predicted molar refractivity (Wildman–Crippen MR) is 69.0 cm³/mol. The first-order valence-corrected chi connectivity index (χ1v) is 7.16. The van der Waals surface area contributed by atoms with E-state index in [1.165, 1.54) is 11.3 Å². The molecular formula is C12H14N4O2S. The summed E-state index contributed by atoms with van der Waals surface area (Å²) in [7, 11) is 0. The Morgan fingerprint density at radius 3 is 3.16 bits per heavy atom. The van der Waals surface area contributed by atoms with Gasteiger partial charge in [0.1, 0.15) is 5.69 Å². The van der Waals surface area contributed by atoms with Gasteiger partial charge < -0.3 is 9.42 Å². The number of likely N-dealkylation sites (tertiary alicyclic amines) is 1. The Morgan fingerprint density at radius 1 is 1.58 bits per heavy atom. The molecular weight excluding hydrogens is 264 g/mol. The van der Waals surface area contributed by atoms with Gasteiger partial charge >= 0.3 is 0 Å². The van der Waals surface area contributed by atoms with Gasteiger partial charge in [-0.15, -0.1) is 11.3 Å². The van der Waals surface area contributed by atoms with E-state index < -0.39 is 0 Å². The second-order valence-electron chi connectivity index (χ2n) is 4.64. The predicted octanol–water partition coefficient (Wildman–Crippen LogP) is 1.85. The highest BCUT2D eigenvalue weighted by Crippen LogP contribution is 2.25. The average molecular weight is 278 g/mol. The van der Waals surface area contributed by atoms with Crippen molar-refractivity contribution in [2.75, 3.05) is 13.1 Å². The molecule has 1 aliphatic rings. The lowest BCUT2D eigenvalue weighted by atomic mass is 9.97. The number of hydrogen-bond acceptors (Lipinski definition) is 6.